The Morgan fingerprint density at radius 1 is 1.43 bits per heavy atom. The van der Waals surface area contributed by atoms with E-state index in [9.17, 15) is 4.79 Å². The van der Waals surface area contributed by atoms with Crippen LogP contribution >= 0.6 is 0 Å². The van der Waals surface area contributed by atoms with E-state index in [0.717, 1.165) is 32.2 Å². The number of hydrogen-bond acceptors (Lipinski definition) is 3. The van der Waals surface area contributed by atoms with E-state index in [4.69, 9.17) is 10.5 Å². The quantitative estimate of drug-likeness (QED) is 0.835. The Hall–Kier alpha value is -1.39. The fourth-order valence-electron chi connectivity index (χ4n) is 3.02. The summed E-state index contributed by atoms with van der Waals surface area (Å²) in [6.07, 6.45) is 4.52. The van der Waals surface area contributed by atoms with Gasteiger partial charge in [0.15, 0.2) is 0 Å². The molecule has 0 radical (unpaired) electrons. The van der Waals surface area contributed by atoms with Crippen LogP contribution in [0, 0.1) is 0 Å². The topological polar surface area (TPSA) is 55.6 Å². The Morgan fingerprint density at radius 3 is 2.86 bits per heavy atom. The summed E-state index contributed by atoms with van der Waals surface area (Å²) in [4.78, 5) is 14.4. The fourth-order valence-corrected chi connectivity index (χ4v) is 3.02. The zero-order valence-corrected chi connectivity index (χ0v) is 12.8. The second-order valence-electron chi connectivity index (χ2n) is 5.70. The molecular formula is C17H26N2O2. The molecule has 1 aromatic carbocycles. The van der Waals surface area contributed by atoms with Gasteiger partial charge in [0.1, 0.15) is 0 Å². The van der Waals surface area contributed by atoms with Gasteiger partial charge in [0.2, 0.25) is 5.91 Å². The van der Waals surface area contributed by atoms with E-state index >= 15 is 0 Å². The molecule has 0 bridgehead atoms. The van der Waals surface area contributed by atoms with Gasteiger partial charge in [0.25, 0.3) is 0 Å². The standard InChI is InChI=1S/C17H26N2O2/c1-21-16(13-18)12-17(20)19-11-5-8-15(19)10-9-14-6-3-2-4-7-14/h2-4,6-7,15-16H,5,8-13,18H2,1H3. The maximum atomic E-state index is 12.4. The predicted octanol–water partition coefficient (Wildman–Crippen LogP) is 1.97. The van der Waals surface area contributed by atoms with E-state index < -0.39 is 0 Å². The van der Waals surface area contributed by atoms with Crippen LogP contribution < -0.4 is 5.73 Å². The lowest BCUT2D eigenvalue weighted by Gasteiger charge is -2.26. The molecule has 0 aromatic heterocycles. The van der Waals surface area contributed by atoms with Crippen LogP contribution in [0.3, 0.4) is 0 Å². The summed E-state index contributed by atoms with van der Waals surface area (Å²) in [6.45, 7) is 1.27. The highest BCUT2D eigenvalue weighted by atomic mass is 16.5. The van der Waals surface area contributed by atoms with Crippen molar-refractivity contribution in [2.75, 3.05) is 20.2 Å². The van der Waals surface area contributed by atoms with Crippen LogP contribution in [0.4, 0.5) is 0 Å². The summed E-state index contributed by atoms with van der Waals surface area (Å²) in [7, 11) is 1.61. The summed E-state index contributed by atoms with van der Waals surface area (Å²) < 4.78 is 5.22. The highest BCUT2D eigenvalue weighted by Crippen LogP contribution is 2.23. The SMILES string of the molecule is COC(CN)CC(=O)N1CCCC1CCc1ccccc1. The maximum Gasteiger partial charge on any atom is 0.225 e. The average molecular weight is 290 g/mol. The highest BCUT2D eigenvalue weighted by Gasteiger charge is 2.29. The van der Waals surface area contributed by atoms with Crippen molar-refractivity contribution in [1.29, 1.82) is 0 Å². The molecule has 1 aliphatic rings. The summed E-state index contributed by atoms with van der Waals surface area (Å²) in [6, 6.07) is 10.8. The van der Waals surface area contributed by atoms with E-state index in [1.807, 2.05) is 11.0 Å². The number of rotatable bonds is 7. The van der Waals surface area contributed by atoms with Gasteiger partial charge in [-0.3, -0.25) is 4.79 Å². The molecule has 116 valence electrons. The number of hydrogen-bond donors (Lipinski definition) is 1. The number of benzene rings is 1. The van der Waals surface area contributed by atoms with Gasteiger partial charge in [0, 0.05) is 26.2 Å². The summed E-state index contributed by atoms with van der Waals surface area (Å²) in [5.41, 5.74) is 6.95. The van der Waals surface area contributed by atoms with E-state index in [1.165, 1.54) is 5.56 Å². The van der Waals surface area contributed by atoms with Crippen molar-refractivity contribution >= 4 is 5.91 Å². The minimum absolute atomic E-state index is 0.159. The molecule has 0 aliphatic carbocycles. The van der Waals surface area contributed by atoms with Crippen LogP contribution in [0.15, 0.2) is 30.3 Å². The zero-order valence-electron chi connectivity index (χ0n) is 12.8. The van der Waals surface area contributed by atoms with E-state index in [0.29, 0.717) is 19.0 Å². The van der Waals surface area contributed by atoms with Crippen molar-refractivity contribution in [2.24, 2.45) is 5.73 Å². The van der Waals surface area contributed by atoms with Gasteiger partial charge in [-0.2, -0.15) is 0 Å². The number of carbonyl (C=O) groups excluding carboxylic acids is 1. The third-order valence-electron chi connectivity index (χ3n) is 4.31. The summed E-state index contributed by atoms with van der Waals surface area (Å²) >= 11 is 0. The fraction of sp³-hybridized carbons (Fsp3) is 0.588. The maximum absolute atomic E-state index is 12.4. The number of ether oxygens (including phenoxy) is 1. The van der Waals surface area contributed by atoms with Gasteiger partial charge in [-0.05, 0) is 31.2 Å². The second-order valence-corrected chi connectivity index (χ2v) is 5.70. The number of nitrogens with two attached hydrogens (primary N) is 1. The lowest BCUT2D eigenvalue weighted by atomic mass is 10.0. The molecule has 0 spiro atoms. The molecule has 2 N–H and O–H groups in total. The molecule has 1 fully saturated rings. The van der Waals surface area contributed by atoms with Crippen LogP contribution in [0.2, 0.25) is 0 Å². The molecule has 2 atom stereocenters. The Bertz CT molecular complexity index is 432. The molecular weight excluding hydrogens is 264 g/mol. The number of amides is 1. The Balaban J connectivity index is 1.86. The third-order valence-corrected chi connectivity index (χ3v) is 4.31. The third kappa shape index (κ3) is 4.55. The minimum Gasteiger partial charge on any atom is -0.380 e. The van der Waals surface area contributed by atoms with Crippen molar-refractivity contribution in [2.45, 2.75) is 44.2 Å². The van der Waals surface area contributed by atoms with E-state index in [1.54, 1.807) is 7.11 Å². The van der Waals surface area contributed by atoms with Crippen LogP contribution in [-0.4, -0.2) is 43.2 Å². The Labute approximate surface area is 127 Å². The lowest BCUT2D eigenvalue weighted by Crippen LogP contribution is -2.39. The van der Waals surface area contributed by atoms with Gasteiger partial charge in [-0.15, -0.1) is 0 Å². The predicted molar refractivity (Wildman–Crippen MR) is 84.0 cm³/mol. The smallest absolute Gasteiger partial charge is 0.225 e. The first-order chi connectivity index (χ1) is 10.2. The van der Waals surface area contributed by atoms with Crippen LogP contribution in [0.5, 0.6) is 0 Å². The molecule has 4 heteroatoms. The van der Waals surface area contributed by atoms with Crippen molar-refractivity contribution in [1.82, 2.24) is 4.90 Å². The Kier molecular flexibility index (Phi) is 6.21. The van der Waals surface area contributed by atoms with Crippen LogP contribution in [-0.2, 0) is 16.0 Å². The molecule has 2 rings (SSSR count). The number of aryl methyl sites for hydroxylation is 1. The minimum atomic E-state index is -0.159. The molecule has 4 nitrogen and oxygen atoms in total. The molecule has 1 aliphatic heterocycles. The normalized spacial score (nSPS) is 19.7. The number of likely N-dealkylation sites (tertiary alicyclic amines) is 1. The molecule has 1 saturated heterocycles. The zero-order chi connectivity index (χ0) is 15.1. The largest absolute Gasteiger partial charge is 0.380 e. The van der Waals surface area contributed by atoms with Crippen LogP contribution in [0.1, 0.15) is 31.2 Å². The number of carbonyl (C=O) groups is 1. The first kappa shape index (κ1) is 16.0. The van der Waals surface area contributed by atoms with E-state index in [-0.39, 0.29) is 12.0 Å². The second kappa shape index (κ2) is 8.15. The molecule has 0 saturated carbocycles. The first-order valence-electron chi connectivity index (χ1n) is 7.81. The van der Waals surface area contributed by atoms with Gasteiger partial charge in [-0.25, -0.2) is 0 Å². The number of methoxy groups -OCH3 is 1. The van der Waals surface area contributed by atoms with Gasteiger partial charge >= 0.3 is 0 Å². The molecule has 1 amide bonds. The molecule has 2 unspecified atom stereocenters. The molecule has 1 aromatic rings. The average Bonchev–Trinajstić information content (AvgIpc) is 3.00. The van der Waals surface area contributed by atoms with E-state index in [2.05, 4.69) is 24.3 Å². The van der Waals surface area contributed by atoms with Crippen molar-refractivity contribution in [3.63, 3.8) is 0 Å². The Morgan fingerprint density at radius 2 is 2.19 bits per heavy atom. The molecule has 21 heavy (non-hydrogen) atoms. The first-order valence-corrected chi connectivity index (χ1v) is 7.81. The summed E-state index contributed by atoms with van der Waals surface area (Å²) in [5, 5.41) is 0. The monoisotopic (exact) mass is 290 g/mol. The lowest BCUT2D eigenvalue weighted by molar-refractivity contribution is -0.134. The highest BCUT2D eigenvalue weighted by molar-refractivity contribution is 5.77. The van der Waals surface area contributed by atoms with Crippen molar-refractivity contribution < 1.29 is 9.53 Å². The number of nitrogens with zero attached hydrogens (tertiary/aromatic N) is 1. The van der Waals surface area contributed by atoms with Gasteiger partial charge < -0.3 is 15.4 Å². The van der Waals surface area contributed by atoms with Crippen LogP contribution in [0.25, 0.3) is 0 Å². The van der Waals surface area contributed by atoms with Crippen molar-refractivity contribution in [3.05, 3.63) is 35.9 Å². The van der Waals surface area contributed by atoms with Crippen molar-refractivity contribution in [3.8, 4) is 0 Å². The van der Waals surface area contributed by atoms with Gasteiger partial charge in [0.05, 0.1) is 12.5 Å². The molecule has 1 heterocycles. The summed E-state index contributed by atoms with van der Waals surface area (Å²) in [5.74, 6) is 0.183. The van der Waals surface area contributed by atoms with Gasteiger partial charge in [-0.1, -0.05) is 30.3 Å².